The summed E-state index contributed by atoms with van der Waals surface area (Å²) in [7, 11) is -3.25. The van der Waals surface area contributed by atoms with Gasteiger partial charge in [0.05, 0.1) is 17.0 Å². The minimum atomic E-state index is -3.25. The first-order chi connectivity index (χ1) is 12.5. The van der Waals surface area contributed by atoms with Gasteiger partial charge in [-0.3, -0.25) is 4.79 Å². The second-order valence-corrected chi connectivity index (χ2v) is 8.99. The third-order valence-corrected chi connectivity index (χ3v) is 4.78. The number of carbonyl (C=O) groups excluding carboxylic acids is 2. The molecule has 0 fully saturated rings. The van der Waals surface area contributed by atoms with Crippen molar-refractivity contribution in [1.29, 1.82) is 0 Å². The lowest BCUT2D eigenvalue weighted by Crippen LogP contribution is -2.30. The molecule has 0 aliphatic carbocycles. The Labute approximate surface area is 164 Å². The van der Waals surface area contributed by atoms with Crippen LogP contribution in [-0.4, -0.2) is 32.7 Å². The van der Waals surface area contributed by atoms with Gasteiger partial charge in [-0.1, -0.05) is 28.1 Å². The van der Waals surface area contributed by atoms with Gasteiger partial charge in [0, 0.05) is 10.7 Å². The normalized spacial score (nSPS) is 12.3. The van der Waals surface area contributed by atoms with E-state index in [1.54, 1.807) is 12.1 Å². The first kappa shape index (κ1) is 21.0. The standard InChI is InChI=1S/C18H17BrFNO5S/c1-11(17(22)21-16-7-6-14(19)9-15(16)20)26-18(23)13-5-3-4-12(8-13)10-27(2,24)25/h3-9,11H,10H2,1-2H3,(H,21,22). The molecule has 0 aliphatic rings. The molecule has 0 aliphatic heterocycles. The van der Waals surface area contributed by atoms with Crippen LogP contribution in [0.4, 0.5) is 10.1 Å². The first-order valence-corrected chi connectivity index (χ1v) is 10.6. The van der Waals surface area contributed by atoms with Crippen molar-refractivity contribution in [2.75, 3.05) is 11.6 Å². The number of ether oxygens (including phenoxy) is 1. The van der Waals surface area contributed by atoms with E-state index in [1.807, 2.05) is 0 Å². The predicted molar refractivity (Wildman–Crippen MR) is 103 cm³/mol. The minimum Gasteiger partial charge on any atom is -0.449 e. The number of rotatable bonds is 6. The van der Waals surface area contributed by atoms with Gasteiger partial charge in [0.2, 0.25) is 0 Å². The van der Waals surface area contributed by atoms with Crippen LogP contribution in [0.3, 0.4) is 0 Å². The highest BCUT2D eigenvalue weighted by molar-refractivity contribution is 9.10. The van der Waals surface area contributed by atoms with E-state index in [4.69, 9.17) is 4.74 Å². The van der Waals surface area contributed by atoms with Gasteiger partial charge >= 0.3 is 5.97 Å². The van der Waals surface area contributed by atoms with E-state index in [-0.39, 0.29) is 17.0 Å². The number of halogens is 2. The summed E-state index contributed by atoms with van der Waals surface area (Å²) in [6.07, 6.45) is -0.0924. The van der Waals surface area contributed by atoms with Crippen LogP contribution in [0.1, 0.15) is 22.8 Å². The minimum absolute atomic E-state index is 0.0405. The van der Waals surface area contributed by atoms with Crippen LogP contribution in [0.25, 0.3) is 0 Å². The van der Waals surface area contributed by atoms with Gasteiger partial charge in [0.1, 0.15) is 5.82 Å². The summed E-state index contributed by atoms with van der Waals surface area (Å²) in [6, 6.07) is 10.1. The number of esters is 1. The molecule has 9 heteroatoms. The Morgan fingerprint density at radius 3 is 2.56 bits per heavy atom. The van der Waals surface area contributed by atoms with Gasteiger partial charge in [-0.2, -0.15) is 0 Å². The number of anilines is 1. The monoisotopic (exact) mass is 457 g/mol. The highest BCUT2D eigenvalue weighted by Crippen LogP contribution is 2.20. The molecule has 2 aromatic carbocycles. The lowest BCUT2D eigenvalue weighted by molar-refractivity contribution is -0.123. The predicted octanol–water partition coefficient (Wildman–Crippen LogP) is 3.32. The molecule has 1 unspecified atom stereocenters. The van der Waals surface area contributed by atoms with Gasteiger partial charge in [0.25, 0.3) is 5.91 Å². The number of sulfone groups is 1. The smallest absolute Gasteiger partial charge is 0.338 e. The van der Waals surface area contributed by atoms with Crippen LogP contribution in [0.15, 0.2) is 46.9 Å². The van der Waals surface area contributed by atoms with Crippen molar-refractivity contribution in [2.24, 2.45) is 0 Å². The summed E-state index contributed by atoms with van der Waals surface area (Å²) in [5.41, 5.74) is 0.507. The molecule has 0 saturated carbocycles. The fourth-order valence-electron chi connectivity index (χ4n) is 2.20. The van der Waals surface area contributed by atoms with Crippen molar-refractivity contribution in [1.82, 2.24) is 0 Å². The van der Waals surface area contributed by atoms with Crippen LogP contribution in [0, 0.1) is 5.82 Å². The lowest BCUT2D eigenvalue weighted by Gasteiger charge is -2.14. The van der Waals surface area contributed by atoms with Crippen molar-refractivity contribution in [3.8, 4) is 0 Å². The van der Waals surface area contributed by atoms with Crippen molar-refractivity contribution >= 4 is 43.3 Å². The Hall–Kier alpha value is -2.26. The van der Waals surface area contributed by atoms with Crippen LogP contribution in [-0.2, 0) is 25.1 Å². The van der Waals surface area contributed by atoms with Crippen molar-refractivity contribution in [3.63, 3.8) is 0 Å². The molecule has 2 aromatic rings. The molecule has 27 heavy (non-hydrogen) atoms. The molecule has 144 valence electrons. The maximum absolute atomic E-state index is 13.8. The fraction of sp³-hybridized carbons (Fsp3) is 0.222. The molecule has 0 bridgehead atoms. The quantitative estimate of drug-likeness (QED) is 0.671. The topological polar surface area (TPSA) is 89.5 Å². The highest BCUT2D eigenvalue weighted by Gasteiger charge is 2.20. The van der Waals surface area contributed by atoms with Crippen molar-refractivity contribution in [2.45, 2.75) is 18.8 Å². The molecule has 2 rings (SSSR count). The molecular formula is C18H17BrFNO5S. The number of hydrogen-bond acceptors (Lipinski definition) is 5. The Kier molecular flexibility index (Phi) is 6.72. The summed E-state index contributed by atoms with van der Waals surface area (Å²) in [4.78, 5) is 24.3. The summed E-state index contributed by atoms with van der Waals surface area (Å²) in [5, 5.41) is 2.35. The van der Waals surface area contributed by atoms with E-state index in [9.17, 15) is 22.4 Å². The summed E-state index contributed by atoms with van der Waals surface area (Å²) < 4.78 is 42.1. The van der Waals surface area contributed by atoms with Gasteiger partial charge in [-0.15, -0.1) is 0 Å². The van der Waals surface area contributed by atoms with Crippen LogP contribution in [0.5, 0.6) is 0 Å². The van der Waals surface area contributed by atoms with Gasteiger partial charge in [-0.25, -0.2) is 17.6 Å². The number of carbonyl (C=O) groups is 2. The van der Waals surface area contributed by atoms with E-state index in [2.05, 4.69) is 21.2 Å². The third kappa shape index (κ3) is 6.44. The molecule has 0 radical (unpaired) electrons. The fourth-order valence-corrected chi connectivity index (χ4v) is 3.32. The number of amides is 1. The highest BCUT2D eigenvalue weighted by atomic mass is 79.9. The maximum atomic E-state index is 13.8. The number of nitrogens with one attached hydrogen (secondary N) is 1. The molecule has 1 N–H and O–H groups in total. The molecule has 1 atom stereocenters. The average molecular weight is 458 g/mol. The summed E-state index contributed by atoms with van der Waals surface area (Å²) in [5.74, 6) is -2.33. The molecule has 0 aromatic heterocycles. The van der Waals surface area contributed by atoms with Gasteiger partial charge in [-0.05, 0) is 42.8 Å². The van der Waals surface area contributed by atoms with Crippen LogP contribution in [0.2, 0.25) is 0 Å². The van der Waals surface area contributed by atoms with Crippen LogP contribution < -0.4 is 5.32 Å². The van der Waals surface area contributed by atoms with E-state index in [0.29, 0.717) is 10.0 Å². The maximum Gasteiger partial charge on any atom is 0.338 e. The lowest BCUT2D eigenvalue weighted by atomic mass is 10.1. The zero-order chi connectivity index (χ0) is 20.2. The second-order valence-electron chi connectivity index (χ2n) is 5.93. The molecule has 0 heterocycles. The SMILES string of the molecule is CC(OC(=O)c1cccc(CS(C)(=O)=O)c1)C(=O)Nc1ccc(Br)cc1F. The Morgan fingerprint density at radius 1 is 1.22 bits per heavy atom. The van der Waals surface area contributed by atoms with Crippen molar-refractivity contribution in [3.05, 3.63) is 63.9 Å². The number of benzene rings is 2. The van der Waals surface area contributed by atoms with E-state index >= 15 is 0 Å². The van der Waals surface area contributed by atoms with E-state index in [0.717, 1.165) is 6.26 Å². The Balaban J connectivity index is 2.04. The second kappa shape index (κ2) is 8.62. The summed E-state index contributed by atoms with van der Waals surface area (Å²) >= 11 is 3.11. The first-order valence-electron chi connectivity index (χ1n) is 7.79. The Bertz CT molecular complexity index is 977. The summed E-state index contributed by atoms with van der Waals surface area (Å²) in [6.45, 7) is 1.35. The molecular weight excluding hydrogens is 441 g/mol. The average Bonchev–Trinajstić information content (AvgIpc) is 2.55. The van der Waals surface area contributed by atoms with Gasteiger partial charge < -0.3 is 10.1 Å². The zero-order valence-corrected chi connectivity index (χ0v) is 16.9. The number of hydrogen-bond donors (Lipinski definition) is 1. The third-order valence-electron chi connectivity index (χ3n) is 3.43. The van der Waals surface area contributed by atoms with Gasteiger partial charge in [0.15, 0.2) is 15.9 Å². The Morgan fingerprint density at radius 2 is 1.93 bits per heavy atom. The van der Waals surface area contributed by atoms with Crippen LogP contribution >= 0.6 is 15.9 Å². The van der Waals surface area contributed by atoms with E-state index < -0.39 is 33.6 Å². The molecule has 0 saturated heterocycles. The van der Waals surface area contributed by atoms with E-state index in [1.165, 1.54) is 37.3 Å². The molecule has 1 amide bonds. The zero-order valence-electron chi connectivity index (χ0n) is 14.5. The molecule has 0 spiro atoms. The van der Waals surface area contributed by atoms with Crippen molar-refractivity contribution < 1.29 is 27.1 Å². The largest absolute Gasteiger partial charge is 0.449 e. The molecule has 6 nitrogen and oxygen atoms in total.